The van der Waals surface area contributed by atoms with E-state index >= 15 is 0 Å². The Balaban J connectivity index is 1.59. The molecule has 3 atom stereocenters. The number of benzene rings is 3. The van der Waals surface area contributed by atoms with Gasteiger partial charge in [0, 0.05) is 10.5 Å². The first-order valence-corrected chi connectivity index (χ1v) is 14.8. The van der Waals surface area contributed by atoms with Crippen molar-refractivity contribution in [2.75, 3.05) is 0 Å². The van der Waals surface area contributed by atoms with E-state index in [9.17, 15) is 5.41 Å². The maximum Gasteiger partial charge on any atom is 0.0391 e. The van der Waals surface area contributed by atoms with Crippen LogP contribution in [0.25, 0.3) is 16.3 Å². The van der Waals surface area contributed by atoms with Gasteiger partial charge in [-0.05, 0) is 119 Å². The van der Waals surface area contributed by atoms with Gasteiger partial charge < -0.3 is 5.41 Å². The Kier molecular flexibility index (Phi) is 7.31. The Morgan fingerprint density at radius 3 is 2.41 bits per heavy atom. The second-order valence-corrected chi connectivity index (χ2v) is 13.8. The molecular weight excluding hydrogens is 490 g/mol. The number of allylic oxidation sites excluding steroid dienone is 3. The lowest BCUT2D eigenvalue weighted by molar-refractivity contribution is 0.112. The molecule has 2 heteroatoms. The minimum absolute atomic E-state index is 0.164. The summed E-state index contributed by atoms with van der Waals surface area (Å²) in [6.07, 6.45) is 8.88. The Bertz CT molecular complexity index is 1520. The van der Waals surface area contributed by atoms with Gasteiger partial charge in [0.15, 0.2) is 0 Å². The van der Waals surface area contributed by atoms with Gasteiger partial charge in [0.25, 0.3) is 0 Å². The highest BCUT2D eigenvalue weighted by Gasteiger charge is 2.46. The van der Waals surface area contributed by atoms with Crippen molar-refractivity contribution in [2.24, 2.45) is 17.3 Å². The van der Waals surface area contributed by atoms with E-state index in [1.807, 2.05) is 6.08 Å². The monoisotopic (exact) mass is 533 g/mol. The van der Waals surface area contributed by atoms with Gasteiger partial charge in [-0.25, -0.2) is 0 Å². The first kappa shape index (κ1) is 27.7. The molecule has 2 aliphatic carbocycles. The molecule has 1 saturated carbocycles. The molecule has 202 valence electrons. The van der Waals surface area contributed by atoms with Gasteiger partial charge in [-0.15, -0.1) is 6.58 Å². The van der Waals surface area contributed by atoms with E-state index < -0.39 is 0 Å². The molecule has 39 heavy (non-hydrogen) atoms. The molecule has 5 rings (SSSR count). The highest BCUT2D eigenvalue weighted by atomic mass is 32.1. The van der Waals surface area contributed by atoms with E-state index in [1.54, 1.807) is 0 Å². The van der Waals surface area contributed by atoms with Gasteiger partial charge in [-0.1, -0.05) is 88.0 Å². The van der Waals surface area contributed by atoms with Crippen molar-refractivity contribution < 1.29 is 0 Å². The van der Waals surface area contributed by atoms with Gasteiger partial charge in [-0.3, -0.25) is 0 Å². The summed E-state index contributed by atoms with van der Waals surface area (Å²) in [5.41, 5.74) is 10.7. The van der Waals surface area contributed by atoms with Crippen LogP contribution in [0, 0.1) is 36.5 Å². The molecule has 3 aromatic carbocycles. The standard InChI is InChI=1S/C37H43NS/c1-8-37(39)22-36(6,7)21-31(26(37)5)20-35(38)33-16-14-29-17-27-11-9-10-12-28(27)18-30(29)19-34-23(2)13-15-32(24(33)3)25(34)4/h8-13,15-18,26,31,38-39H,1,3,14,19-22H2,2,4-7H3/b33-16+,38-35?. The summed E-state index contributed by atoms with van der Waals surface area (Å²) in [4.78, 5) is 0. The van der Waals surface area contributed by atoms with E-state index in [4.69, 9.17) is 12.6 Å². The molecule has 0 radical (unpaired) electrons. The van der Waals surface area contributed by atoms with E-state index in [1.165, 1.54) is 44.2 Å². The topological polar surface area (TPSA) is 23.9 Å². The zero-order valence-corrected chi connectivity index (χ0v) is 25.2. The van der Waals surface area contributed by atoms with E-state index in [0.29, 0.717) is 17.5 Å². The smallest absolute Gasteiger partial charge is 0.0391 e. The third-order valence-electron chi connectivity index (χ3n) is 9.66. The Hall–Kier alpha value is -2.84. The predicted molar refractivity (Wildman–Crippen MR) is 173 cm³/mol. The van der Waals surface area contributed by atoms with Gasteiger partial charge in [0.2, 0.25) is 0 Å². The molecule has 2 bridgehead atoms. The maximum atomic E-state index is 9.47. The van der Waals surface area contributed by atoms with Crippen LogP contribution < -0.4 is 0 Å². The first-order valence-electron chi connectivity index (χ1n) is 14.4. The fourth-order valence-electron chi connectivity index (χ4n) is 7.33. The normalized spacial score (nSPS) is 25.9. The molecule has 0 amide bonds. The minimum atomic E-state index is -0.211. The summed E-state index contributed by atoms with van der Waals surface area (Å²) in [5, 5.41) is 12.0. The van der Waals surface area contributed by atoms with Crippen molar-refractivity contribution in [3.63, 3.8) is 0 Å². The van der Waals surface area contributed by atoms with E-state index in [2.05, 4.69) is 102 Å². The molecule has 3 unspecified atom stereocenters. The zero-order chi connectivity index (χ0) is 28.1. The predicted octanol–water partition coefficient (Wildman–Crippen LogP) is 9.88. The Labute approximate surface area is 241 Å². The number of fused-ring (bicyclic) bond motifs is 4. The zero-order valence-electron chi connectivity index (χ0n) is 24.3. The average molecular weight is 534 g/mol. The quantitative estimate of drug-likeness (QED) is 0.189. The van der Waals surface area contributed by atoms with Gasteiger partial charge >= 0.3 is 0 Å². The maximum absolute atomic E-state index is 9.47. The van der Waals surface area contributed by atoms with Crippen molar-refractivity contribution in [3.8, 4) is 0 Å². The molecule has 3 aromatic rings. The molecule has 1 fully saturated rings. The average Bonchev–Trinajstić information content (AvgIpc) is 2.88. The molecule has 0 spiro atoms. The summed E-state index contributed by atoms with van der Waals surface area (Å²) in [6, 6.07) is 17.8. The summed E-state index contributed by atoms with van der Waals surface area (Å²) >= 11 is 5.13. The summed E-state index contributed by atoms with van der Waals surface area (Å²) in [6.45, 7) is 20.2. The van der Waals surface area contributed by atoms with E-state index in [-0.39, 0.29) is 10.2 Å². The summed E-state index contributed by atoms with van der Waals surface area (Å²) < 4.78 is -0.211. The molecular formula is C37H43NS. The number of thiol groups is 1. The van der Waals surface area contributed by atoms with E-state index in [0.717, 1.165) is 43.3 Å². The second kappa shape index (κ2) is 10.3. The molecule has 1 nitrogen and oxygen atoms in total. The lowest BCUT2D eigenvalue weighted by Crippen LogP contribution is -2.45. The summed E-state index contributed by atoms with van der Waals surface area (Å²) in [7, 11) is 0. The van der Waals surface area contributed by atoms with Crippen LogP contribution in [0.5, 0.6) is 0 Å². The lowest BCUT2D eigenvalue weighted by Gasteiger charge is -2.49. The molecule has 0 heterocycles. The number of rotatable bonds is 4. The third kappa shape index (κ3) is 5.21. The Morgan fingerprint density at radius 2 is 1.74 bits per heavy atom. The molecule has 0 aliphatic heterocycles. The van der Waals surface area contributed by atoms with Crippen molar-refractivity contribution in [1.82, 2.24) is 0 Å². The van der Waals surface area contributed by atoms with Crippen molar-refractivity contribution in [1.29, 1.82) is 5.41 Å². The van der Waals surface area contributed by atoms with Crippen LogP contribution in [0.3, 0.4) is 0 Å². The van der Waals surface area contributed by atoms with Gasteiger partial charge in [-0.2, -0.15) is 12.6 Å². The molecule has 2 aliphatic rings. The van der Waals surface area contributed by atoms with Crippen LogP contribution in [-0.2, 0) is 12.8 Å². The Morgan fingerprint density at radius 1 is 1.08 bits per heavy atom. The first-order chi connectivity index (χ1) is 18.4. The highest BCUT2D eigenvalue weighted by Crippen LogP contribution is 2.52. The van der Waals surface area contributed by atoms with Crippen molar-refractivity contribution in [2.45, 2.75) is 71.5 Å². The lowest BCUT2D eigenvalue weighted by atomic mass is 9.60. The molecule has 1 N–H and O–H groups in total. The SMILES string of the molecule is C=CC1(S)CC(C)(C)CC(CC(=N)/C2=C/Cc3cc4ccccc4cc3Cc3c(C)ccc(c3C)C2=C)C1C. The minimum Gasteiger partial charge on any atom is -0.305 e. The fourth-order valence-corrected chi connectivity index (χ4v) is 7.97. The number of nitrogens with one attached hydrogen (secondary N) is 1. The van der Waals surface area contributed by atoms with Crippen LogP contribution in [0.15, 0.2) is 79.4 Å². The largest absolute Gasteiger partial charge is 0.305 e. The number of aryl methyl sites for hydroxylation is 1. The van der Waals surface area contributed by atoms with Crippen molar-refractivity contribution in [3.05, 3.63) is 113 Å². The fraction of sp³-hybridized carbons (Fsp3) is 0.378. The second-order valence-electron chi connectivity index (χ2n) is 13.0. The summed E-state index contributed by atoms with van der Waals surface area (Å²) in [5.74, 6) is 0.715. The van der Waals surface area contributed by atoms with Crippen LogP contribution >= 0.6 is 12.6 Å². The number of hydrogen-bond acceptors (Lipinski definition) is 2. The van der Waals surface area contributed by atoms with Crippen molar-refractivity contribution >= 4 is 34.7 Å². The van der Waals surface area contributed by atoms with Crippen LogP contribution in [0.1, 0.15) is 73.4 Å². The molecule has 0 aromatic heterocycles. The third-order valence-corrected chi connectivity index (χ3v) is 10.4. The van der Waals surface area contributed by atoms with Gasteiger partial charge in [0.05, 0.1) is 0 Å². The van der Waals surface area contributed by atoms with Gasteiger partial charge in [0.1, 0.15) is 0 Å². The van der Waals surface area contributed by atoms with Crippen LogP contribution in [0.4, 0.5) is 0 Å². The highest BCUT2D eigenvalue weighted by molar-refractivity contribution is 7.82. The van der Waals surface area contributed by atoms with Crippen LogP contribution in [-0.4, -0.2) is 10.5 Å². The number of hydrogen-bond donors (Lipinski definition) is 2. The van der Waals surface area contributed by atoms with Crippen LogP contribution in [0.2, 0.25) is 0 Å². The molecule has 0 saturated heterocycles.